The van der Waals surface area contributed by atoms with Crippen LogP contribution in [0.4, 0.5) is 4.79 Å². The molecule has 1 aromatic rings. The van der Waals surface area contributed by atoms with Crippen molar-refractivity contribution in [1.82, 2.24) is 4.90 Å². The van der Waals surface area contributed by atoms with Gasteiger partial charge in [0.15, 0.2) is 0 Å². The van der Waals surface area contributed by atoms with Crippen LogP contribution in [-0.2, 0) is 16.1 Å². The lowest BCUT2D eigenvalue weighted by Gasteiger charge is -2.35. The van der Waals surface area contributed by atoms with E-state index in [1.54, 1.807) is 13.8 Å². The number of nitrogens with two attached hydrogens (primary N) is 1. The maximum Gasteiger partial charge on any atom is 0.417 e. The summed E-state index contributed by atoms with van der Waals surface area (Å²) in [4.78, 5) is 24.9. The molecule has 5 nitrogen and oxygen atoms in total. The Kier molecular flexibility index (Phi) is 3.90. The maximum atomic E-state index is 12.0. The zero-order valence-corrected chi connectivity index (χ0v) is 11.6. The number of carbonyl (C=O) groups is 2. The third kappa shape index (κ3) is 3.05. The molecule has 2 rings (SSSR count). The smallest absolute Gasteiger partial charge is 0.417 e. The fraction of sp³-hybridized carbons (Fsp3) is 0.333. The van der Waals surface area contributed by atoms with E-state index in [-0.39, 0.29) is 19.1 Å². The fourth-order valence-corrected chi connectivity index (χ4v) is 1.91. The molecule has 5 heteroatoms. The van der Waals surface area contributed by atoms with Gasteiger partial charge in [-0.25, -0.2) is 9.69 Å². The Morgan fingerprint density at radius 2 is 2.05 bits per heavy atom. The summed E-state index contributed by atoms with van der Waals surface area (Å²) in [6.07, 6.45) is 0.715. The molecule has 0 bridgehead atoms. The van der Waals surface area contributed by atoms with E-state index in [4.69, 9.17) is 10.5 Å². The van der Waals surface area contributed by atoms with Gasteiger partial charge in [0.25, 0.3) is 5.91 Å². The molecular formula is C15H18N2O3. The van der Waals surface area contributed by atoms with Crippen molar-refractivity contribution in [1.29, 1.82) is 0 Å². The van der Waals surface area contributed by atoms with Crippen molar-refractivity contribution in [3.8, 4) is 0 Å². The van der Waals surface area contributed by atoms with Crippen molar-refractivity contribution in [3.05, 3.63) is 47.5 Å². The molecule has 1 aromatic carbocycles. The van der Waals surface area contributed by atoms with Gasteiger partial charge in [-0.2, -0.15) is 0 Å². The Hall–Kier alpha value is -2.14. The first-order valence-electron chi connectivity index (χ1n) is 6.40. The Labute approximate surface area is 118 Å². The summed E-state index contributed by atoms with van der Waals surface area (Å²) in [6.45, 7) is 3.82. The quantitative estimate of drug-likeness (QED) is 0.893. The van der Waals surface area contributed by atoms with E-state index in [1.807, 2.05) is 30.3 Å². The van der Waals surface area contributed by atoms with Gasteiger partial charge in [-0.3, -0.25) is 4.79 Å². The van der Waals surface area contributed by atoms with Crippen LogP contribution < -0.4 is 5.73 Å². The highest BCUT2D eigenvalue weighted by Gasteiger charge is 2.35. The molecule has 2 amide bonds. The molecule has 2 N–H and O–H groups in total. The number of amides is 2. The van der Waals surface area contributed by atoms with Crippen LogP contribution in [0.2, 0.25) is 0 Å². The Bertz CT molecular complexity index is 549. The average molecular weight is 274 g/mol. The fourth-order valence-electron chi connectivity index (χ4n) is 1.91. The van der Waals surface area contributed by atoms with Crippen molar-refractivity contribution in [2.45, 2.75) is 26.0 Å². The largest absolute Gasteiger partial charge is 0.444 e. The van der Waals surface area contributed by atoms with Gasteiger partial charge in [-0.15, -0.1) is 0 Å². The lowest BCUT2D eigenvalue weighted by atomic mass is 9.90. The first-order chi connectivity index (χ1) is 9.40. The number of hydrogen-bond acceptors (Lipinski definition) is 4. The molecular weight excluding hydrogens is 256 g/mol. The molecule has 0 spiro atoms. The number of benzene rings is 1. The van der Waals surface area contributed by atoms with Crippen LogP contribution in [0.3, 0.4) is 0 Å². The van der Waals surface area contributed by atoms with E-state index in [0.29, 0.717) is 0 Å². The molecule has 20 heavy (non-hydrogen) atoms. The monoisotopic (exact) mass is 274 g/mol. The molecule has 106 valence electrons. The molecule has 0 radical (unpaired) electrons. The zero-order valence-electron chi connectivity index (χ0n) is 11.6. The summed E-state index contributed by atoms with van der Waals surface area (Å²) >= 11 is 0. The highest BCUT2D eigenvalue weighted by molar-refractivity contribution is 6.00. The van der Waals surface area contributed by atoms with Crippen molar-refractivity contribution >= 4 is 12.0 Å². The minimum absolute atomic E-state index is 0.127. The van der Waals surface area contributed by atoms with E-state index < -0.39 is 11.6 Å². The topological polar surface area (TPSA) is 72.6 Å². The number of nitrogens with zero attached hydrogens (tertiary/aromatic N) is 1. The van der Waals surface area contributed by atoms with Gasteiger partial charge in [0.2, 0.25) is 0 Å². The number of carbonyl (C=O) groups excluding carboxylic acids is 2. The second-order valence-electron chi connectivity index (χ2n) is 5.21. The lowest BCUT2D eigenvalue weighted by molar-refractivity contribution is -0.125. The molecule has 1 heterocycles. The van der Waals surface area contributed by atoms with Gasteiger partial charge in [0, 0.05) is 6.08 Å². The van der Waals surface area contributed by atoms with Gasteiger partial charge in [-0.05, 0) is 25.0 Å². The SMILES string of the molecule is CC1=CC(=O)N(C(=O)OCc2ccccc2)CC1(C)N. The summed E-state index contributed by atoms with van der Waals surface area (Å²) in [5.41, 5.74) is 6.97. The van der Waals surface area contributed by atoms with E-state index in [1.165, 1.54) is 6.08 Å². The van der Waals surface area contributed by atoms with Crippen molar-refractivity contribution in [2.75, 3.05) is 6.54 Å². The van der Waals surface area contributed by atoms with Crippen LogP contribution in [0.5, 0.6) is 0 Å². The predicted octanol–water partition coefficient (Wildman–Crippen LogP) is 1.83. The molecule has 1 aliphatic heterocycles. The highest BCUT2D eigenvalue weighted by Crippen LogP contribution is 2.21. The van der Waals surface area contributed by atoms with E-state index in [9.17, 15) is 9.59 Å². The Balaban J connectivity index is 2.01. The third-order valence-electron chi connectivity index (χ3n) is 3.42. The summed E-state index contributed by atoms with van der Waals surface area (Å²) in [5, 5.41) is 0. The minimum Gasteiger partial charge on any atom is -0.444 e. The van der Waals surface area contributed by atoms with E-state index in [0.717, 1.165) is 16.0 Å². The Morgan fingerprint density at radius 1 is 1.40 bits per heavy atom. The van der Waals surface area contributed by atoms with Crippen molar-refractivity contribution < 1.29 is 14.3 Å². The minimum atomic E-state index is -0.709. The van der Waals surface area contributed by atoms with Gasteiger partial charge >= 0.3 is 6.09 Å². The number of imide groups is 1. The van der Waals surface area contributed by atoms with Gasteiger partial charge in [0.1, 0.15) is 6.61 Å². The summed E-state index contributed by atoms with van der Waals surface area (Å²) in [7, 11) is 0. The molecule has 1 unspecified atom stereocenters. The van der Waals surface area contributed by atoms with Gasteiger partial charge < -0.3 is 10.5 Å². The molecule has 0 aromatic heterocycles. The number of rotatable bonds is 2. The van der Waals surface area contributed by atoms with Crippen LogP contribution >= 0.6 is 0 Å². The standard InChI is InChI=1S/C15H18N2O3/c1-11-8-13(18)17(10-15(11,2)16)14(19)20-9-12-6-4-3-5-7-12/h3-8H,9-10,16H2,1-2H3. The average Bonchev–Trinajstić information content (AvgIpc) is 2.42. The van der Waals surface area contributed by atoms with Crippen LogP contribution in [0.25, 0.3) is 0 Å². The summed E-state index contributed by atoms with van der Waals surface area (Å²) < 4.78 is 5.15. The van der Waals surface area contributed by atoms with Crippen LogP contribution in [0.1, 0.15) is 19.4 Å². The normalized spacial score (nSPS) is 22.4. The van der Waals surface area contributed by atoms with Crippen LogP contribution in [0, 0.1) is 0 Å². The molecule has 1 aliphatic rings. The molecule has 0 saturated carbocycles. The zero-order chi connectivity index (χ0) is 14.8. The van der Waals surface area contributed by atoms with Crippen LogP contribution in [0.15, 0.2) is 42.0 Å². The van der Waals surface area contributed by atoms with Gasteiger partial charge in [-0.1, -0.05) is 30.3 Å². The number of hydrogen-bond donors (Lipinski definition) is 1. The van der Waals surface area contributed by atoms with Crippen molar-refractivity contribution in [2.24, 2.45) is 5.73 Å². The first kappa shape index (κ1) is 14.3. The third-order valence-corrected chi connectivity index (χ3v) is 3.42. The van der Waals surface area contributed by atoms with Crippen molar-refractivity contribution in [3.63, 3.8) is 0 Å². The lowest BCUT2D eigenvalue weighted by Crippen LogP contribution is -2.55. The first-order valence-corrected chi connectivity index (χ1v) is 6.40. The molecule has 0 fully saturated rings. The van der Waals surface area contributed by atoms with Gasteiger partial charge in [0.05, 0.1) is 12.1 Å². The molecule has 0 aliphatic carbocycles. The Morgan fingerprint density at radius 3 is 2.70 bits per heavy atom. The van der Waals surface area contributed by atoms with E-state index in [2.05, 4.69) is 0 Å². The summed E-state index contributed by atoms with van der Waals surface area (Å²) in [6, 6.07) is 9.30. The van der Waals surface area contributed by atoms with Crippen LogP contribution in [-0.4, -0.2) is 29.0 Å². The second-order valence-corrected chi connectivity index (χ2v) is 5.21. The molecule has 1 atom stereocenters. The maximum absolute atomic E-state index is 12.0. The highest BCUT2D eigenvalue weighted by atomic mass is 16.6. The second kappa shape index (κ2) is 5.46. The number of ether oxygens (including phenoxy) is 1. The molecule has 0 saturated heterocycles. The van der Waals surface area contributed by atoms with E-state index >= 15 is 0 Å². The summed E-state index contributed by atoms with van der Waals surface area (Å²) in [5.74, 6) is -0.386. The predicted molar refractivity (Wildman–Crippen MR) is 74.7 cm³/mol.